The Morgan fingerprint density at radius 2 is 2.24 bits per heavy atom. The summed E-state index contributed by atoms with van der Waals surface area (Å²) in [5, 5.41) is 4.28. The van der Waals surface area contributed by atoms with E-state index < -0.39 is 0 Å². The minimum absolute atomic E-state index is 0.0705. The number of aryl methyl sites for hydroxylation is 1. The van der Waals surface area contributed by atoms with Crippen molar-refractivity contribution in [1.82, 2.24) is 14.7 Å². The van der Waals surface area contributed by atoms with E-state index in [1.165, 1.54) is 6.42 Å². The molecule has 1 aromatic rings. The Kier molecular flexibility index (Phi) is 6.15. The third kappa shape index (κ3) is 4.50. The van der Waals surface area contributed by atoms with Crippen molar-refractivity contribution < 1.29 is 4.79 Å². The molecule has 1 aliphatic rings. The summed E-state index contributed by atoms with van der Waals surface area (Å²) in [5.41, 5.74) is 0. The van der Waals surface area contributed by atoms with E-state index in [-0.39, 0.29) is 5.25 Å². The van der Waals surface area contributed by atoms with Crippen LogP contribution in [-0.4, -0.2) is 44.2 Å². The molecule has 0 aromatic carbocycles. The Balaban J connectivity index is 1.89. The number of carbonyl (C=O) groups is 1. The number of hydrogen-bond donors (Lipinski definition) is 0. The summed E-state index contributed by atoms with van der Waals surface area (Å²) < 4.78 is 1.93. The van der Waals surface area contributed by atoms with Crippen LogP contribution in [-0.2, 0) is 11.3 Å². The van der Waals surface area contributed by atoms with Crippen molar-refractivity contribution in [2.45, 2.75) is 57.9 Å². The summed E-state index contributed by atoms with van der Waals surface area (Å²) in [7, 11) is 0. The van der Waals surface area contributed by atoms with Crippen LogP contribution in [0.4, 0.5) is 0 Å². The van der Waals surface area contributed by atoms with Gasteiger partial charge in [-0.1, -0.05) is 13.8 Å². The van der Waals surface area contributed by atoms with Crippen LogP contribution >= 0.6 is 11.8 Å². The number of piperidine rings is 1. The molecule has 2 heterocycles. The fourth-order valence-electron chi connectivity index (χ4n) is 2.84. The molecule has 1 aromatic heterocycles. The lowest BCUT2D eigenvalue weighted by atomic mass is 10.0. The van der Waals surface area contributed by atoms with Crippen LogP contribution in [0.1, 0.15) is 40.0 Å². The third-order valence-electron chi connectivity index (χ3n) is 4.11. The second-order valence-corrected chi connectivity index (χ2v) is 7.43. The first kappa shape index (κ1) is 16.4. The number of likely N-dealkylation sites (tertiary alicyclic amines) is 1. The number of hydrogen-bond acceptors (Lipinski definition) is 3. The summed E-state index contributed by atoms with van der Waals surface area (Å²) in [5.74, 6) is 1.63. The maximum Gasteiger partial charge on any atom is 0.236 e. The van der Waals surface area contributed by atoms with E-state index >= 15 is 0 Å². The summed E-state index contributed by atoms with van der Waals surface area (Å²) in [4.78, 5) is 14.9. The van der Waals surface area contributed by atoms with Gasteiger partial charge in [0.05, 0.1) is 5.25 Å². The van der Waals surface area contributed by atoms with E-state index in [0.717, 1.165) is 31.7 Å². The minimum Gasteiger partial charge on any atom is -0.339 e. The Labute approximate surface area is 132 Å². The second kappa shape index (κ2) is 7.87. The zero-order chi connectivity index (χ0) is 15.2. The predicted molar refractivity (Wildman–Crippen MR) is 88.3 cm³/mol. The van der Waals surface area contributed by atoms with Gasteiger partial charge in [-0.15, -0.1) is 11.8 Å². The monoisotopic (exact) mass is 309 g/mol. The molecule has 118 valence electrons. The molecule has 1 saturated heterocycles. The van der Waals surface area contributed by atoms with Gasteiger partial charge in [0.2, 0.25) is 5.91 Å². The van der Waals surface area contributed by atoms with Crippen LogP contribution in [0.15, 0.2) is 18.5 Å². The van der Waals surface area contributed by atoms with Crippen LogP contribution in [0.5, 0.6) is 0 Å². The summed E-state index contributed by atoms with van der Waals surface area (Å²) in [6.07, 6.45) is 7.32. The Morgan fingerprint density at radius 1 is 1.43 bits per heavy atom. The molecule has 2 atom stereocenters. The number of nitrogens with zero attached hydrogens (tertiary/aromatic N) is 3. The minimum atomic E-state index is 0.0705. The highest BCUT2D eigenvalue weighted by atomic mass is 32.2. The van der Waals surface area contributed by atoms with Crippen molar-refractivity contribution in [2.24, 2.45) is 5.92 Å². The lowest BCUT2D eigenvalue weighted by Crippen LogP contribution is -2.47. The van der Waals surface area contributed by atoms with Gasteiger partial charge in [-0.25, -0.2) is 0 Å². The average Bonchev–Trinajstić information content (AvgIpc) is 2.96. The fourth-order valence-corrected chi connectivity index (χ4v) is 4.05. The number of amides is 1. The number of carbonyl (C=O) groups excluding carboxylic acids is 1. The first-order chi connectivity index (χ1) is 10.1. The normalized spacial score (nSPS) is 20.8. The van der Waals surface area contributed by atoms with Gasteiger partial charge < -0.3 is 4.90 Å². The highest BCUT2D eigenvalue weighted by molar-refractivity contribution is 8.00. The van der Waals surface area contributed by atoms with Crippen LogP contribution < -0.4 is 0 Å². The molecule has 2 unspecified atom stereocenters. The molecule has 0 radical (unpaired) electrons. The third-order valence-corrected chi connectivity index (χ3v) is 5.64. The van der Waals surface area contributed by atoms with Crippen molar-refractivity contribution >= 4 is 17.7 Å². The maximum absolute atomic E-state index is 12.8. The molecule has 4 nitrogen and oxygen atoms in total. The summed E-state index contributed by atoms with van der Waals surface area (Å²) >= 11 is 1.78. The molecule has 0 saturated carbocycles. The molecule has 0 aliphatic carbocycles. The Hall–Kier alpha value is -0.970. The SMILES string of the molecule is CC(C)C(SCCn1cccn1)C(=O)N1CCCCC1C. The number of rotatable bonds is 6. The second-order valence-electron chi connectivity index (χ2n) is 6.18. The lowest BCUT2D eigenvalue weighted by molar-refractivity contribution is -0.134. The van der Waals surface area contributed by atoms with E-state index in [1.54, 1.807) is 18.0 Å². The van der Waals surface area contributed by atoms with Crippen molar-refractivity contribution in [3.8, 4) is 0 Å². The molecule has 5 heteroatoms. The van der Waals surface area contributed by atoms with Gasteiger partial charge in [0.15, 0.2) is 0 Å². The molecule has 1 aliphatic heterocycles. The van der Waals surface area contributed by atoms with Crippen molar-refractivity contribution in [3.63, 3.8) is 0 Å². The van der Waals surface area contributed by atoms with Gasteiger partial charge in [0.1, 0.15) is 0 Å². The zero-order valence-electron chi connectivity index (χ0n) is 13.4. The Morgan fingerprint density at radius 3 is 2.86 bits per heavy atom. The van der Waals surface area contributed by atoms with Crippen molar-refractivity contribution in [2.75, 3.05) is 12.3 Å². The lowest BCUT2D eigenvalue weighted by Gasteiger charge is -2.36. The first-order valence-electron chi connectivity index (χ1n) is 7.99. The highest BCUT2D eigenvalue weighted by Gasteiger charge is 2.31. The number of aromatic nitrogens is 2. The van der Waals surface area contributed by atoms with Crippen LogP contribution in [0.3, 0.4) is 0 Å². The van der Waals surface area contributed by atoms with Gasteiger partial charge in [-0.2, -0.15) is 5.10 Å². The smallest absolute Gasteiger partial charge is 0.236 e. The molecule has 1 fully saturated rings. The largest absolute Gasteiger partial charge is 0.339 e. The number of thioether (sulfide) groups is 1. The molecule has 0 N–H and O–H groups in total. The van der Waals surface area contributed by atoms with Gasteiger partial charge in [-0.3, -0.25) is 9.48 Å². The van der Waals surface area contributed by atoms with E-state index in [9.17, 15) is 4.79 Å². The standard InChI is InChI=1S/C16H27N3OS/c1-13(2)15(21-12-11-18-9-6-8-17-18)16(20)19-10-5-4-7-14(19)3/h6,8-9,13-15H,4-5,7,10-12H2,1-3H3. The fraction of sp³-hybridized carbons (Fsp3) is 0.750. The van der Waals surface area contributed by atoms with E-state index in [1.807, 2.05) is 16.9 Å². The quantitative estimate of drug-likeness (QED) is 0.810. The molecular formula is C16H27N3OS. The molecule has 0 spiro atoms. The van der Waals surface area contributed by atoms with Crippen LogP contribution in [0.25, 0.3) is 0 Å². The molecule has 1 amide bonds. The van der Waals surface area contributed by atoms with Crippen LogP contribution in [0, 0.1) is 5.92 Å². The van der Waals surface area contributed by atoms with Crippen molar-refractivity contribution in [1.29, 1.82) is 0 Å². The summed E-state index contributed by atoms with van der Waals surface area (Å²) in [6.45, 7) is 8.28. The highest BCUT2D eigenvalue weighted by Crippen LogP contribution is 2.26. The molecule has 21 heavy (non-hydrogen) atoms. The van der Waals surface area contributed by atoms with Crippen LogP contribution in [0.2, 0.25) is 0 Å². The first-order valence-corrected chi connectivity index (χ1v) is 9.04. The van der Waals surface area contributed by atoms with Crippen molar-refractivity contribution in [3.05, 3.63) is 18.5 Å². The Bertz CT molecular complexity index is 433. The topological polar surface area (TPSA) is 38.1 Å². The maximum atomic E-state index is 12.8. The van der Waals surface area contributed by atoms with Gasteiger partial charge in [0.25, 0.3) is 0 Å². The zero-order valence-corrected chi connectivity index (χ0v) is 14.2. The van der Waals surface area contributed by atoms with E-state index in [4.69, 9.17) is 0 Å². The van der Waals surface area contributed by atoms with Gasteiger partial charge >= 0.3 is 0 Å². The van der Waals surface area contributed by atoms with Gasteiger partial charge in [-0.05, 0) is 38.2 Å². The van der Waals surface area contributed by atoms with Gasteiger partial charge in [0, 0.05) is 37.3 Å². The molecule has 2 rings (SSSR count). The summed E-state index contributed by atoms with van der Waals surface area (Å²) in [6, 6.07) is 2.34. The predicted octanol–water partition coefficient (Wildman–Crippen LogP) is 3.04. The van der Waals surface area contributed by atoms with E-state index in [0.29, 0.717) is 17.9 Å². The van der Waals surface area contributed by atoms with E-state index in [2.05, 4.69) is 30.8 Å². The molecule has 0 bridgehead atoms. The molecular weight excluding hydrogens is 282 g/mol. The average molecular weight is 309 g/mol.